The number of halogens is 2. The number of hydrogen-bond acceptors (Lipinski definition) is 6. The number of aromatic nitrogens is 1. The minimum Gasteiger partial charge on any atom is -0.435 e. The van der Waals surface area contributed by atoms with Crippen molar-refractivity contribution in [3.05, 3.63) is 29.6 Å². The van der Waals surface area contributed by atoms with Gasteiger partial charge in [0.25, 0.3) is 0 Å². The molecule has 1 aliphatic heterocycles. The van der Waals surface area contributed by atoms with Crippen LogP contribution in [0.5, 0.6) is 5.75 Å². The first kappa shape index (κ1) is 17.1. The van der Waals surface area contributed by atoms with E-state index in [1.54, 1.807) is 12.1 Å². The largest absolute Gasteiger partial charge is 0.435 e. The molecular weight excluding hydrogens is 336 g/mol. The van der Waals surface area contributed by atoms with Crippen LogP contribution in [-0.2, 0) is 4.74 Å². The molecular formula is C16H19F2N3O2S. The number of nitrogens with zero attached hydrogens (tertiary/aromatic N) is 2. The lowest BCUT2D eigenvalue weighted by Gasteiger charge is -2.26. The maximum absolute atomic E-state index is 12.1. The van der Waals surface area contributed by atoms with Gasteiger partial charge in [-0.15, -0.1) is 11.3 Å². The number of morpholine rings is 1. The highest BCUT2D eigenvalue weighted by Gasteiger charge is 2.10. The number of anilines is 1. The quantitative estimate of drug-likeness (QED) is 0.827. The number of benzene rings is 1. The van der Waals surface area contributed by atoms with E-state index >= 15 is 0 Å². The molecule has 0 bridgehead atoms. The number of ether oxygens (including phenoxy) is 2. The smallest absolute Gasteiger partial charge is 0.387 e. The zero-order valence-electron chi connectivity index (χ0n) is 13.1. The first-order valence-electron chi connectivity index (χ1n) is 7.75. The van der Waals surface area contributed by atoms with Crippen LogP contribution in [-0.4, -0.2) is 55.9 Å². The molecule has 1 N–H and O–H groups in total. The van der Waals surface area contributed by atoms with Crippen LogP contribution in [0.4, 0.5) is 13.9 Å². The molecule has 130 valence electrons. The number of thiazole rings is 1. The zero-order valence-corrected chi connectivity index (χ0v) is 13.9. The Morgan fingerprint density at radius 2 is 2.00 bits per heavy atom. The third-order valence-electron chi connectivity index (χ3n) is 3.69. The SMILES string of the molecule is FC(F)Oc1ccc(-c2csc(NCCN3CCOCC3)n2)cc1. The molecule has 0 atom stereocenters. The van der Waals surface area contributed by atoms with Crippen LogP contribution in [0.15, 0.2) is 29.6 Å². The van der Waals surface area contributed by atoms with E-state index in [0.29, 0.717) is 0 Å². The predicted octanol–water partition coefficient (Wildman–Crippen LogP) is 3.16. The maximum atomic E-state index is 12.1. The standard InChI is InChI=1S/C16H19F2N3O2S/c17-15(18)23-13-3-1-12(2-4-13)14-11-24-16(20-14)19-5-6-21-7-9-22-10-8-21/h1-4,11,15H,5-10H2,(H,19,20). The Labute approximate surface area is 143 Å². The van der Waals surface area contributed by atoms with Crippen LogP contribution in [0.1, 0.15) is 0 Å². The van der Waals surface area contributed by atoms with Gasteiger partial charge in [0.2, 0.25) is 0 Å². The Kier molecular flexibility index (Phi) is 5.95. The molecule has 0 aliphatic carbocycles. The molecule has 0 saturated carbocycles. The summed E-state index contributed by atoms with van der Waals surface area (Å²) in [4.78, 5) is 6.88. The lowest BCUT2D eigenvalue weighted by atomic mass is 10.2. The van der Waals surface area contributed by atoms with Gasteiger partial charge in [0.05, 0.1) is 18.9 Å². The molecule has 3 rings (SSSR count). The fourth-order valence-corrected chi connectivity index (χ4v) is 3.19. The van der Waals surface area contributed by atoms with Crippen molar-refractivity contribution in [2.24, 2.45) is 0 Å². The van der Waals surface area contributed by atoms with E-state index in [9.17, 15) is 8.78 Å². The summed E-state index contributed by atoms with van der Waals surface area (Å²) >= 11 is 1.53. The van der Waals surface area contributed by atoms with E-state index in [-0.39, 0.29) is 5.75 Å². The molecule has 0 radical (unpaired) electrons. The summed E-state index contributed by atoms with van der Waals surface area (Å²) in [5.41, 5.74) is 1.69. The van der Waals surface area contributed by atoms with E-state index in [2.05, 4.69) is 19.9 Å². The van der Waals surface area contributed by atoms with E-state index in [0.717, 1.165) is 55.8 Å². The van der Waals surface area contributed by atoms with E-state index in [1.165, 1.54) is 23.5 Å². The first-order chi connectivity index (χ1) is 11.7. The minimum atomic E-state index is -2.81. The molecule has 1 fully saturated rings. The van der Waals surface area contributed by atoms with E-state index in [1.807, 2.05) is 5.38 Å². The summed E-state index contributed by atoms with van der Waals surface area (Å²) in [6, 6.07) is 6.49. The van der Waals surface area contributed by atoms with Gasteiger partial charge in [0.1, 0.15) is 5.75 Å². The van der Waals surface area contributed by atoms with Gasteiger partial charge in [-0.25, -0.2) is 4.98 Å². The van der Waals surface area contributed by atoms with Crippen LogP contribution in [0, 0.1) is 0 Å². The van der Waals surface area contributed by atoms with Crippen molar-refractivity contribution in [2.75, 3.05) is 44.7 Å². The van der Waals surface area contributed by atoms with Gasteiger partial charge in [-0.3, -0.25) is 4.90 Å². The molecule has 1 saturated heterocycles. The minimum absolute atomic E-state index is 0.146. The van der Waals surface area contributed by atoms with Crippen molar-refractivity contribution in [3.63, 3.8) is 0 Å². The molecule has 1 aromatic heterocycles. The fourth-order valence-electron chi connectivity index (χ4n) is 2.44. The average molecular weight is 355 g/mol. The van der Waals surface area contributed by atoms with Gasteiger partial charge < -0.3 is 14.8 Å². The third-order valence-corrected chi connectivity index (χ3v) is 4.49. The number of nitrogens with one attached hydrogen (secondary N) is 1. The maximum Gasteiger partial charge on any atom is 0.387 e. The molecule has 0 spiro atoms. The highest BCUT2D eigenvalue weighted by molar-refractivity contribution is 7.14. The van der Waals surface area contributed by atoms with Crippen molar-refractivity contribution in [3.8, 4) is 17.0 Å². The van der Waals surface area contributed by atoms with Crippen LogP contribution in [0.25, 0.3) is 11.3 Å². The zero-order chi connectivity index (χ0) is 16.8. The van der Waals surface area contributed by atoms with Gasteiger partial charge in [-0.2, -0.15) is 8.78 Å². The van der Waals surface area contributed by atoms with Gasteiger partial charge in [0, 0.05) is 37.1 Å². The molecule has 1 aliphatic rings. The molecule has 24 heavy (non-hydrogen) atoms. The lowest BCUT2D eigenvalue weighted by Crippen LogP contribution is -2.38. The number of alkyl halides is 2. The molecule has 2 aromatic rings. The Morgan fingerprint density at radius 1 is 1.25 bits per heavy atom. The van der Waals surface area contributed by atoms with Crippen LogP contribution >= 0.6 is 11.3 Å². The summed E-state index contributed by atoms with van der Waals surface area (Å²) in [5, 5.41) is 6.12. The van der Waals surface area contributed by atoms with Crippen molar-refractivity contribution >= 4 is 16.5 Å². The van der Waals surface area contributed by atoms with Gasteiger partial charge in [-0.05, 0) is 24.3 Å². The highest BCUT2D eigenvalue weighted by atomic mass is 32.1. The van der Waals surface area contributed by atoms with Gasteiger partial charge >= 0.3 is 6.61 Å². The van der Waals surface area contributed by atoms with Crippen molar-refractivity contribution in [2.45, 2.75) is 6.61 Å². The van der Waals surface area contributed by atoms with Crippen LogP contribution in [0.3, 0.4) is 0 Å². The summed E-state index contributed by atoms with van der Waals surface area (Å²) in [5.74, 6) is 0.146. The third kappa shape index (κ3) is 4.86. The molecule has 8 heteroatoms. The Hall–Kier alpha value is -1.77. The van der Waals surface area contributed by atoms with Crippen LogP contribution < -0.4 is 10.1 Å². The molecule has 2 heterocycles. The van der Waals surface area contributed by atoms with Gasteiger partial charge in [0.15, 0.2) is 5.13 Å². The molecule has 0 amide bonds. The summed E-state index contributed by atoms with van der Waals surface area (Å²) in [6.07, 6.45) is 0. The van der Waals surface area contributed by atoms with E-state index in [4.69, 9.17) is 4.74 Å². The lowest BCUT2D eigenvalue weighted by molar-refractivity contribution is -0.0498. The molecule has 0 unspecified atom stereocenters. The Bertz CT molecular complexity index is 631. The number of rotatable bonds is 7. The van der Waals surface area contributed by atoms with E-state index < -0.39 is 6.61 Å². The highest BCUT2D eigenvalue weighted by Crippen LogP contribution is 2.26. The topological polar surface area (TPSA) is 46.6 Å². The second-order valence-corrected chi connectivity index (χ2v) is 6.18. The van der Waals surface area contributed by atoms with Gasteiger partial charge in [-0.1, -0.05) is 0 Å². The normalized spacial score (nSPS) is 15.6. The van der Waals surface area contributed by atoms with Crippen molar-refractivity contribution < 1.29 is 18.3 Å². The summed E-state index contributed by atoms with van der Waals surface area (Å²) in [6.45, 7) is 2.51. The van der Waals surface area contributed by atoms with Crippen molar-refractivity contribution in [1.29, 1.82) is 0 Å². The molecule has 5 nitrogen and oxygen atoms in total. The number of hydrogen-bond donors (Lipinski definition) is 1. The Balaban J connectivity index is 1.51. The first-order valence-corrected chi connectivity index (χ1v) is 8.63. The second kappa shape index (κ2) is 8.36. The fraction of sp³-hybridized carbons (Fsp3) is 0.438. The van der Waals surface area contributed by atoms with Crippen LogP contribution in [0.2, 0.25) is 0 Å². The van der Waals surface area contributed by atoms with Crippen molar-refractivity contribution in [1.82, 2.24) is 9.88 Å². The average Bonchev–Trinajstić information content (AvgIpc) is 3.05. The molecule has 1 aromatic carbocycles. The Morgan fingerprint density at radius 3 is 2.71 bits per heavy atom. The predicted molar refractivity (Wildman–Crippen MR) is 89.9 cm³/mol. The summed E-state index contributed by atoms with van der Waals surface area (Å²) in [7, 11) is 0. The second-order valence-electron chi connectivity index (χ2n) is 5.32. The summed E-state index contributed by atoms with van der Waals surface area (Å²) < 4.78 is 34.0. The monoisotopic (exact) mass is 355 g/mol.